The van der Waals surface area contributed by atoms with E-state index in [9.17, 15) is 4.79 Å². The van der Waals surface area contributed by atoms with Gasteiger partial charge in [-0.3, -0.25) is 10.1 Å². The van der Waals surface area contributed by atoms with Crippen LogP contribution in [0.5, 0.6) is 0 Å². The Balaban J connectivity index is 1.57. The largest absolute Gasteiger partial charge is 0.295 e. The first kappa shape index (κ1) is 16.4. The maximum atomic E-state index is 12.0. The van der Waals surface area contributed by atoms with Crippen LogP contribution in [-0.2, 0) is 5.75 Å². The van der Waals surface area contributed by atoms with Gasteiger partial charge in [0.1, 0.15) is 5.69 Å². The summed E-state index contributed by atoms with van der Waals surface area (Å²) in [6.45, 7) is 1.86. The zero-order valence-electron chi connectivity index (χ0n) is 11.9. The van der Waals surface area contributed by atoms with E-state index in [0.717, 1.165) is 25.7 Å². The predicted octanol–water partition coefficient (Wildman–Crippen LogP) is 4.50. The smallest absolute Gasteiger partial charge is 0.276 e. The monoisotopic (exact) mass is 382 g/mol. The van der Waals surface area contributed by atoms with Crippen LogP contribution >= 0.6 is 46.0 Å². The molecular weight excluding hydrogens is 372 g/mol. The number of hydrogen-bond donors (Lipinski definition) is 1. The van der Waals surface area contributed by atoms with E-state index in [0.29, 0.717) is 10.8 Å². The molecule has 0 aliphatic rings. The molecule has 0 bridgehead atoms. The summed E-state index contributed by atoms with van der Waals surface area (Å²) in [6, 6.07) is 7.67. The Kier molecular flexibility index (Phi) is 5.27. The van der Waals surface area contributed by atoms with E-state index in [2.05, 4.69) is 20.5 Å². The molecule has 9 heteroatoms. The van der Waals surface area contributed by atoms with E-state index in [1.807, 2.05) is 31.2 Å². The average Bonchev–Trinajstić information content (AvgIpc) is 3.16. The predicted molar refractivity (Wildman–Crippen MR) is 95.7 cm³/mol. The lowest BCUT2D eigenvalue weighted by molar-refractivity contribution is 0.102. The van der Waals surface area contributed by atoms with Crippen molar-refractivity contribution in [2.45, 2.75) is 17.0 Å². The molecule has 1 N–H and O–H groups in total. The van der Waals surface area contributed by atoms with Crippen molar-refractivity contribution in [3.05, 3.63) is 50.9 Å². The van der Waals surface area contributed by atoms with Gasteiger partial charge in [-0.25, -0.2) is 4.98 Å². The van der Waals surface area contributed by atoms with Gasteiger partial charge in [0.25, 0.3) is 5.91 Å². The molecule has 0 spiro atoms. The van der Waals surface area contributed by atoms with Crippen molar-refractivity contribution in [3.8, 4) is 0 Å². The Bertz CT molecular complexity index is 816. The number of carbonyl (C=O) groups is 1. The lowest BCUT2D eigenvalue weighted by Gasteiger charge is -1.98. The summed E-state index contributed by atoms with van der Waals surface area (Å²) in [5, 5.41) is 14.5. The maximum Gasteiger partial charge on any atom is 0.276 e. The number of benzene rings is 1. The average molecular weight is 383 g/mol. The molecule has 0 aliphatic carbocycles. The second kappa shape index (κ2) is 7.39. The molecule has 2 heterocycles. The summed E-state index contributed by atoms with van der Waals surface area (Å²) < 4.78 is 0.796. The number of thioether (sulfide) groups is 1. The minimum Gasteiger partial charge on any atom is -0.295 e. The fourth-order valence-corrected chi connectivity index (χ4v) is 4.10. The summed E-state index contributed by atoms with van der Waals surface area (Å²) in [7, 11) is 0. The van der Waals surface area contributed by atoms with Crippen molar-refractivity contribution >= 4 is 57.1 Å². The first-order valence-corrected chi connectivity index (χ1v) is 9.60. The lowest BCUT2D eigenvalue weighted by atomic mass is 10.2. The summed E-state index contributed by atoms with van der Waals surface area (Å²) in [6.07, 6.45) is 0. The molecule has 0 saturated heterocycles. The Morgan fingerprint density at radius 1 is 1.30 bits per heavy atom. The van der Waals surface area contributed by atoms with Crippen LogP contribution in [0.3, 0.4) is 0 Å². The molecule has 3 aromatic rings. The Morgan fingerprint density at radius 2 is 2.09 bits per heavy atom. The molecular formula is C14H11ClN4OS3. The summed E-state index contributed by atoms with van der Waals surface area (Å²) in [5.74, 6) is 0.505. The van der Waals surface area contributed by atoms with Gasteiger partial charge < -0.3 is 0 Å². The second-order valence-corrected chi connectivity index (χ2v) is 8.19. The van der Waals surface area contributed by atoms with Crippen LogP contribution in [0.25, 0.3) is 0 Å². The van der Waals surface area contributed by atoms with E-state index in [1.165, 1.54) is 22.7 Å². The topological polar surface area (TPSA) is 67.8 Å². The van der Waals surface area contributed by atoms with Gasteiger partial charge in [-0.05, 0) is 24.6 Å². The van der Waals surface area contributed by atoms with Crippen LogP contribution < -0.4 is 5.32 Å². The Hall–Kier alpha value is -1.48. The van der Waals surface area contributed by atoms with E-state index < -0.39 is 0 Å². The van der Waals surface area contributed by atoms with Gasteiger partial charge in [0.05, 0.1) is 5.01 Å². The normalized spacial score (nSPS) is 10.7. The fourth-order valence-electron chi connectivity index (χ4n) is 1.67. The van der Waals surface area contributed by atoms with Crippen LogP contribution in [0, 0.1) is 6.92 Å². The summed E-state index contributed by atoms with van der Waals surface area (Å²) in [4.78, 5) is 16.1. The van der Waals surface area contributed by atoms with E-state index in [1.54, 1.807) is 17.1 Å². The third kappa shape index (κ3) is 4.51. The van der Waals surface area contributed by atoms with E-state index in [-0.39, 0.29) is 5.91 Å². The lowest BCUT2D eigenvalue weighted by Crippen LogP contribution is -2.12. The van der Waals surface area contributed by atoms with Gasteiger partial charge in [0.15, 0.2) is 4.34 Å². The molecule has 0 atom stereocenters. The van der Waals surface area contributed by atoms with Gasteiger partial charge in [0, 0.05) is 16.2 Å². The zero-order chi connectivity index (χ0) is 16.2. The number of carbonyl (C=O) groups excluding carboxylic acids is 1. The van der Waals surface area contributed by atoms with Crippen molar-refractivity contribution in [2.24, 2.45) is 0 Å². The highest BCUT2D eigenvalue weighted by atomic mass is 35.5. The quantitative estimate of drug-likeness (QED) is 0.519. The van der Waals surface area contributed by atoms with Crippen molar-refractivity contribution in [1.29, 1.82) is 0 Å². The van der Waals surface area contributed by atoms with Gasteiger partial charge >= 0.3 is 0 Å². The fraction of sp³-hybridized carbons (Fsp3) is 0.143. The molecule has 118 valence electrons. The molecule has 0 fully saturated rings. The van der Waals surface area contributed by atoms with Gasteiger partial charge in [0.2, 0.25) is 5.13 Å². The van der Waals surface area contributed by atoms with Crippen molar-refractivity contribution < 1.29 is 4.79 Å². The maximum absolute atomic E-state index is 12.0. The first-order valence-electron chi connectivity index (χ1n) is 6.54. The molecule has 0 radical (unpaired) electrons. The minimum atomic E-state index is -0.264. The number of amides is 1. The van der Waals surface area contributed by atoms with Crippen LogP contribution in [0.1, 0.15) is 21.1 Å². The molecule has 5 nitrogen and oxygen atoms in total. The van der Waals surface area contributed by atoms with Crippen molar-refractivity contribution in [1.82, 2.24) is 15.2 Å². The SMILES string of the molecule is Cc1nc(C(=O)Nc2nnc(SCc3ccc(Cl)cc3)s2)cs1. The number of nitrogens with one attached hydrogen (secondary N) is 1. The van der Waals surface area contributed by atoms with Gasteiger partial charge in [-0.15, -0.1) is 21.5 Å². The molecule has 1 amide bonds. The number of hydrogen-bond acceptors (Lipinski definition) is 7. The van der Waals surface area contributed by atoms with E-state index >= 15 is 0 Å². The number of aromatic nitrogens is 3. The number of anilines is 1. The highest BCUT2D eigenvalue weighted by Crippen LogP contribution is 2.28. The molecule has 3 rings (SSSR count). The van der Waals surface area contributed by atoms with E-state index in [4.69, 9.17) is 11.6 Å². The van der Waals surface area contributed by atoms with Gasteiger partial charge in [-0.1, -0.05) is 46.8 Å². The van der Waals surface area contributed by atoms with Crippen LogP contribution in [0.2, 0.25) is 5.02 Å². The van der Waals surface area contributed by atoms with Crippen LogP contribution in [0.4, 0.5) is 5.13 Å². The molecule has 2 aromatic heterocycles. The third-order valence-corrected chi connectivity index (χ3v) is 5.82. The third-order valence-electron chi connectivity index (χ3n) is 2.75. The zero-order valence-corrected chi connectivity index (χ0v) is 15.2. The Morgan fingerprint density at radius 3 is 2.78 bits per heavy atom. The number of thiazole rings is 1. The number of aryl methyl sites for hydroxylation is 1. The van der Waals surface area contributed by atoms with Crippen molar-refractivity contribution in [2.75, 3.05) is 5.32 Å². The number of rotatable bonds is 5. The summed E-state index contributed by atoms with van der Waals surface area (Å²) >= 11 is 10.2. The molecule has 23 heavy (non-hydrogen) atoms. The molecule has 0 unspecified atom stereocenters. The standard InChI is InChI=1S/C14H11ClN4OS3/c1-8-16-11(7-21-8)12(20)17-13-18-19-14(23-13)22-6-9-2-4-10(15)5-3-9/h2-5,7H,6H2,1H3,(H,17,18,20). The number of nitrogens with zero attached hydrogens (tertiary/aromatic N) is 3. The van der Waals surface area contributed by atoms with Crippen molar-refractivity contribution in [3.63, 3.8) is 0 Å². The van der Waals surface area contributed by atoms with Crippen LogP contribution in [-0.4, -0.2) is 21.1 Å². The highest BCUT2D eigenvalue weighted by molar-refractivity contribution is 8.00. The summed E-state index contributed by atoms with van der Waals surface area (Å²) in [5.41, 5.74) is 1.55. The molecule has 0 saturated carbocycles. The second-order valence-electron chi connectivity index (χ2n) is 4.49. The van der Waals surface area contributed by atoms with Crippen LogP contribution in [0.15, 0.2) is 34.0 Å². The van der Waals surface area contributed by atoms with Gasteiger partial charge in [-0.2, -0.15) is 0 Å². The molecule has 0 aliphatic heterocycles. The Labute approximate surface area is 150 Å². The first-order chi connectivity index (χ1) is 11.1. The molecule has 1 aromatic carbocycles. The highest BCUT2D eigenvalue weighted by Gasteiger charge is 2.13. The number of halogens is 1. The minimum absolute atomic E-state index is 0.264.